The summed E-state index contributed by atoms with van der Waals surface area (Å²) < 4.78 is 37.3. The Morgan fingerprint density at radius 1 is 1.33 bits per heavy atom. The van der Waals surface area contributed by atoms with Crippen LogP contribution in [0.15, 0.2) is 12.1 Å². The topological polar surface area (TPSA) is 43.1 Å². The van der Waals surface area contributed by atoms with E-state index in [1.54, 1.807) is 0 Å². The zero-order chi connectivity index (χ0) is 11.8. The predicted molar refractivity (Wildman–Crippen MR) is 50.6 cm³/mol. The van der Waals surface area contributed by atoms with E-state index in [9.17, 15) is 18.0 Å². The lowest BCUT2D eigenvalue weighted by atomic mass is 10.0. The van der Waals surface area contributed by atoms with Crippen molar-refractivity contribution in [2.75, 3.05) is 5.73 Å². The zero-order valence-electron chi connectivity index (χ0n) is 8.27. The molecule has 15 heavy (non-hydrogen) atoms. The van der Waals surface area contributed by atoms with E-state index >= 15 is 0 Å². The first-order chi connectivity index (χ1) is 6.73. The second-order valence-electron chi connectivity index (χ2n) is 3.31. The van der Waals surface area contributed by atoms with Crippen LogP contribution in [0.4, 0.5) is 18.9 Å². The van der Waals surface area contributed by atoms with Gasteiger partial charge in [-0.1, -0.05) is 0 Å². The van der Waals surface area contributed by atoms with Gasteiger partial charge in [0.05, 0.1) is 5.56 Å². The van der Waals surface area contributed by atoms with Gasteiger partial charge in [0, 0.05) is 11.3 Å². The summed E-state index contributed by atoms with van der Waals surface area (Å²) in [6.07, 6.45) is -4.44. The highest BCUT2D eigenvalue weighted by molar-refractivity contribution is 5.99. The first-order valence-electron chi connectivity index (χ1n) is 4.21. The molecule has 5 heteroatoms. The minimum Gasteiger partial charge on any atom is -0.398 e. The van der Waals surface area contributed by atoms with Crippen LogP contribution in [0.5, 0.6) is 0 Å². The summed E-state index contributed by atoms with van der Waals surface area (Å²) in [4.78, 5) is 11.0. The van der Waals surface area contributed by atoms with E-state index < -0.39 is 11.7 Å². The molecule has 82 valence electrons. The molecule has 0 aliphatic carbocycles. The Labute approximate surface area is 84.9 Å². The normalized spacial score (nSPS) is 11.5. The quantitative estimate of drug-likeness (QED) is 0.580. The van der Waals surface area contributed by atoms with Crippen LogP contribution in [-0.4, -0.2) is 5.78 Å². The number of hydrogen-bond acceptors (Lipinski definition) is 2. The number of rotatable bonds is 1. The lowest BCUT2D eigenvalue weighted by Gasteiger charge is -2.12. The van der Waals surface area contributed by atoms with Crippen molar-refractivity contribution < 1.29 is 18.0 Å². The third-order valence-corrected chi connectivity index (χ3v) is 2.08. The highest BCUT2D eigenvalue weighted by Gasteiger charge is 2.33. The monoisotopic (exact) mass is 217 g/mol. The van der Waals surface area contributed by atoms with Gasteiger partial charge in [0.15, 0.2) is 5.78 Å². The van der Waals surface area contributed by atoms with Crippen molar-refractivity contribution in [1.29, 1.82) is 0 Å². The van der Waals surface area contributed by atoms with Crippen LogP contribution < -0.4 is 5.73 Å². The lowest BCUT2D eigenvalue weighted by molar-refractivity contribution is -0.138. The molecule has 0 amide bonds. The number of ketones is 1. The molecule has 2 nitrogen and oxygen atoms in total. The highest BCUT2D eigenvalue weighted by atomic mass is 19.4. The molecule has 0 heterocycles. The van der Waals surface area contributed by atoms with Gasteiger partial charge in [-0.15, -0.1) is 0 Å². The molecular weight excluding hydrogens is 207 g/mol. The van der Waals surface area contributed by atoms with Crippen molar-refractivity contribution >= 4 is 11.5 Å². The maximum Gasteiger partial charge on any atom is 0.416 e. The van der Waals surface area contributed by atoms with E-state index in [-0.39, 0.29) is 22.6 Å². The molecule has 1 rings (SSSR count). The molecule has 0 saturated heterocycles. The van der Waals surface area contributed by atoms with Gasteiger partial charge >= 0.3 is 6.18 Å². The smallest absolute Gasteiger partial charge is 0.398 e. The number of aryl methyl sites for hydroxylation is 1. The Balaban J connectivity index is 3.39. The van der Waals surface area contributed by atoms with Crippen LogP contribution in [0, 0.1) is 6.92 Å². The average Bonchev–Trinajstić information content (AvgIpc) is 2.06. The van der Waals surface area contributed by atoms with E-state index in [2.05, 4.69) is 0 Å². The van der Waals surface area contributed by atoms with Gasteiger partial charge in [0.25, 0.3) is 0 Å². The Morgan fingerprint density at radius 2 is 1.87 bits per heavy atom. The van der Waals surface area contributed by atoms with E-state index in [4.69, 9.17) is 5.73 Å². The van der Waals surface area contributed by atoms with Crippen molar-refractivity contribution in [3.05, 3.63) is 28.8 Å². The average molecular weight is 217 g/mol. The van der Waals surface area contributed by atoms with Crippen LogP contribution in [0.1, 0.15) is 28.4 Å². The third-order valence-electron chi connectivity index (χ3n) is 2.08. The van der Waals surface area contributed by atoms with Crippen molar-refractivity contribution in [2.45, 2.75) is 20.0 Å². The molecule has 0 bridgehead atoms. The molecule has 1 aromatic carbocycles. The van der Waals surface area contributed by atoms with Crippen LogP contribution in [0.2, 0.25) is 0 Å². The SMILES string of the molecule is CC(=O)c1cc(C)c(C(F)(F)F)cc1N. The minimum atomic E-state index is -4.44. The molecular formula is C10H10F3NO. The molecule has 0 unspecified atom stereocenters. The number of anilines is 1. The fourth-order valence-electron chi connectivity index (χ4n) is 1.33. The summed E-state index contributed by atoms with van der Waals surface area (Å²) in [5.41, 5.74) is 4.55. The summed E-state index contributed by atoms with van der Waals surface area (Å²) in [5, 5.41) is 0. The van der Waals surface area contributed by atoms with Gasteiger partial charge in [-0.25, -0.2) is 0 Å². The van der Waals surface area contributed by atoms with Crippen molar-refractivity contribution in [1.82, 2.24) is 0 Å². The highest BCUT2D eigenvalue weighted by Crippen LogP contribution is 2.34. The fourth-order valence-corrected chi connectivity index (χ4v) is 1.33. The second kappa shape index (κ2) is 3.56. The number of halogens is 3. The summed E-state index contributed by atoms with van der Waals surface area (Å²) >= 11 is 0. The standard InChI is InChI=1S/C10H10F3NO/c1-5-3-7(6(2)15)9(14)4-8(5)10(11,12)13/h3-4H,14H2,1-2H3. The van der Waals surface area contributed by atoms with Crippen molar-refractivity contribution in [3.8, 4) is 0 Å². The van der Waals surface area contributed by atoms with Gasteiger partial charge in [-0.3, -0.25) is 4.79 Å². The molecule has 2 N–H and O–H groups in total. The molecule has 0 aromatic heterocycles. The molecule has 0 atom stereocenters. The number of carbonyl (C=O) groups is 1. The summed E-state index contributed by atoms with van der Waals surface area (Å²) in [5.74, 6) is -0.343. The number of benzene rings is 1. The summed E-state index contributed by atoms with van der Waals surface area (Å²) in [6.45, 7) is 2.56. The molecule has 0 spiro atoms. The molecule has 0 saturated carbocycles. The van der Waals surface area contributed by atoms with Gasteiger partial charge in [0.2, 0.25) is 0 Å². The van der Waals surface area contributed by atoms with Gasteiger partial charge < -0.3 is 5.73 Å². The van der Waals surface area contributed by atoms with E-state index in [1.165, 1.54) is 19.9 Å². The zero-order valence-corrected chi connectivity index (χ0v) is 8.27. The number of hydrogen-bond donors (Lipinski definition) is 1. The Morgan fingerprint density at radius 3 is 2.27 bits per heavy atom. The van der Waals surface area contributed by atoms with Crippen LogP contribution >= 0.6 is 0 Å². The number of carbonyl (C=O) groups excluding carboxylic acids is 1. The number of nitrogen functional groups attached to an aromatic ring is 1. The maximum atomic E-state index is 12.4. The third kappa shape index (κ3) is 2.29. The maximum absolute atomic E-state index is 12.4. The lowest BCUT2D eigenvalue weighted by Crippen LogP contribution is -2.10. The Hall–Kier alpha value is -1.52. The molecule has 0 fully saturated rings. The van der Waals surface area contributed by atoms with Gasteiger partial charge in [0.1, 0.15) is 0 Å². The van der Waals surface area contributed by atoms with Gasteiger partial charge in [-0.2, -0.15) is 13.2 Å². The van der Waals surface area contributed by atoms with E-state index in [0.717, 1.165) is 6.07 Å². The van der Waals surface area contributed by atoms with Crippen molar-refractivity contribution in [2.24, 2.45) is 0 Å². The second-order valence-corrected chi connectivity index (χ2v) is 3.31. The van der Waals surface area contributed by atoms with E-state index in [0.29, 0.717) is 0 Å². The fraction of sp³-hybridized carbons (Fsp3) is 0.300. The first kappa shape index (κ1) is 11.6. The molecule has 0 aliphatic rings. The summed E-state index contributed by atoms with van der Waals surface area (Å²) in [7, 11) is 0. The van der Waals surface area contributed by atoms with E-state index in [1.807, 2.05) is 0 Å². The Bertz CT molecular complexity index is 410. The molecule has 1 aromatic rings. The number of nitrogens with two attached hydrogens (primary N) is 1. The summed E-state index contributed by atoms with van der Waals surface area (Å²) in [6, 6.07) is 1.96. The number of Topliss-reactive ketones (excluding diaryl/α,β-unsaturated/α-hetero) is 1. The van der Waals surface area contributed by atoms with Crippen LogP contribution in [0.25, 0.3) is 0 Å². The Kier molecular flexibility index (Phi) is 2.75. The first-order valence-corrected chi connectivity index (χ1v) is 4.21. The predicted octanol–water partition coefficient (Wildman–Crippen LogP) is 2.80. The van der Waals surface area contributed by atoms with Gasteiger partial charge in [-0.05, 0) is 31.5 Å². The van der Waals surface area contributed by atoms with Crippen LogP contribution in [-0.2, 0) is 6.18 Å². The molecule has 0 radical (unpaired) electrons. The number of alkyl halides is 3. The van der Waals surface area contributed by atoms with Crippen molar-refractivity contribution in [3.63, 3.8) is 0 Å². The minimum absolute atomic E-state index is 0.00176. The van der Waals surface area contributed by atoms with Crippen LogP contribution in [0.3, 0.4) is 0 Å². The largest absolute Gasteiger partial charge is 0.416 e. The molecule has 0 aliphatic heterocycles.